The number of amides is 4. The molecule has 0 radical (unpaired) electrons. The molecule has 28 heteroatoms. The van der Waals surface area contributed by atoms with Crippen LogP contribution in [-0.4, -0.2) is 125 Å². The summed E-state index contributed by atoms with van der Waals surface area (Å²) < 4.78 is 73.7. The normalized spacial score (nSPS) is 14.5. The molecule has 5 aromatic carbocycles. The van der Waals surface area contributed by atoms with Gasteiger partial charge in [0.1, 0.15) is 28.4 Å². The Hall–Kier alpha value is -7.70. The van der Waals surface area contributed by atoms with Crippen LogP contribution in [-0.2, 0) is 58.7 Å². The number of para-hydroxylation sites is 1. The smallest absolute Gasteiger partial charge is 0.870 e. The number of halogens is 2. The van der Waals surface area contributed by atoms with Gasteiger partial charge in [-0.25, -0.2) is 22.9 Å². The summed E-state index contributed by atoms with van der Waals surface area (Å²) in [7, 11) is -8.34. The van der Waals surface area contributed by atoms with Crippen molar-refractivity contribution in [3.05, 3.63) is 172 Å². The summed E-state index contributed by atoms with van der Waals surface area (Å²) in [6.07, 6.45) is -0.741. The SMILES string of the molecule is CCOC(=O)[C@H](C)OP(=O)(CCNC(=O)c1c2c(c(O)c3ncccc13)C(=O)N(Cc1ccc(F)cc1)C2)Oc1ccccc1.C[C@H](OP(=O)(O)CCNC(=O)c1c2c(c(O)c3ncccc13)C(=O)N(Cc1ccc(F)cc1)C2)C(=O)O.[Na+].[OH-]. The Kier molecular flexibility index (Phi) is 22.0. The van der Waals surface area contributed by atoms with Crippen molar-refractivity contribution >= 4 is 72.6 Å². The quantitative estimate of drug-likeness (QED) is 0.0323. The first-order valence-electron chi connectivity index (χ1n) is 25.4. The number of nitrogens with zero attached hydrogens (tertiary/aromatic N) is 4. The van der Waals surface area contributed by atoms with E-state index in [-0.39, 0.29) is 149 Å². The monoisotopic (exact) mass is 1210 g/mol. The van der Waals surface area contributed by atoms with Crippen LogP contribution in [0.25, 0.3) is 21.8 Å². The van der Waals surface area contributed by atoms with Crippen molar-refractivity contribution in [2.75, 3.05) is 32.0 Å². The second kappa shape index (κ2) is 28.3. The number of esters is 1. The molecule has 436 valence electrons. The molecule has 4 atom stereocenters. The van der Waals surface area contributed by atoms with Gasteiger partial charge in [0.2, 0.25) is 0 Å². The number of phenols is 2. The number of aromatic nitrogens is 2. The van der Waals surface area contributed by atoms with Gasteiger partial charge in [-0.05, 0) is 80.4 Å². The zero-order chi connectivity index (χ0) is 59.0. The fourth-order valence-corrected chi connectivity index (χ4v) is 11.9. The third-order valence-electron chi connectivity index (χ3n) is 13.0. The van der Waals surface area contributed by atoms with Crippen molar-refractivity contribution in [1.29, 1.82) is 0 Å². The Morgan fingerprint density at radius 1 is 0.667 bits per heavy atom. The first-order valence-corrected chi connectivity index (χ1v) is 28.9. The van der Waals surface area contributed by atoms with E-state index in [1.165, 1.54) is 65.5 Å². The third-order valence-corrected chi connectivity index (χ3v) is 16.3. The third kappa shape index (κ3) is 15.2. The summed E-state index contributed by atoms with van der Waals surface area (Å²) in [6.45, 7) is 3.92. The van der Waals surface area contributed by atoms with Crippen molar-refractivity contribution in [1.82, 2.24) is 30.4 Å². The van der Waals surface area contributed by atoms with Crippen LogP contribution in [0.5, 0.6) is 17.2 Å². The second-order valence-corrected chi connectivity index (χ2v) is 22.7. The average Bonchev–Trinajstić information content (AvgIpc) is 2.46. The molecule has 0 spiro atoms. The van der Waals surface area contributed by atoms with Gasteiger partial charge in [-0.2, -0.15) is 0 Å². The molecular formula is C56H55F2N6NaO17P2. The van der Waals surface area contributed by atoms with Crippen LogP contribution in [0, 0.1) is 11.6 Å². The largest absolute Gasteiger partial charge is 1.00 e. The number of phenolic OH excluding ortho intramolecular Hbond substituents is 2. The van der Waals surface area contributed by atoms with Crippen LogP contribution in [0.15, 0.2) is 116 Å². The van der Waals surface area contributed by atoms with Crippen LogP contribution >= 0.6 is 15.2 Å². The molecule has 2 unspecified atom stereocenters. The van der Waals surface area contributed by atoms with E-state index in [9.17, 15) is 61.8 Å². The summed E-state index contributed by atoms with van der Waals surface area (Å²) in [5, 5.41) is 36.6. The van der Waals surface area contributed by atoms with Gasteiger partial charge in [0.05, 0.1) is 41.2 Å². The van der Waals surface area contributed by atoms with Gasteiger partial charge >= 0.3 is 56.7 Å². The van der Waals surface area contributed by atoms with E-state index >= 15 is 0 Å². The average molecular weight is 1210 g/mol. The standard InChI is InChI=1S/C32H31FN3O8P.C24H23FN3O8P.Na.H2O/c1-3-42-32(40)20(2)43-45(41,44-23-8-5-4-6-9-23)17-16-35-30(38)26-24-10-7-15-34-28(24)29(37)27-25(26)19-36(31(27)39)18-21-11-13-22(33)14-12-21;1-13(24(32)33)36-37(34,35)10-9-27-22(30)18-16-3-2-8-26-20(16)21(29)19-17(18)12-28(23(19)31)11-14-4-6-15(25)7-5-14;;/h4-15,20,37H,3,16-19H2,1-2H3,(H,35,38);2-8,13,29H,9-12H2,1H3,(H,27,30)(H,32,33)(H,34,35);;1H2/q;;+1;/p-1/t20-,45?;13-;;/m00../s1. The van der Waals surface area contributed by atoms with Crippen LogP contribution in [0.2, 0.25) is 0 Å². The van der Waals surface area contributed by atoms with Gasteiger partial charge in [-0.1, -0.05) is 54.6 Å². The van der Waals surface area contributed by atoms with E-state index in [4.69, 9.17) is 18.9 Å². The van der Waals surface area contributed by atoms with E-state index in [1.54, 1.807) is 73.7 Å². The number of carboxylic acids is 1. The van der Waals surface area contributed by atoms with Gasteiger partial charge < -0.3 is 55.4 Å². The predicted octanol–water partition coefficient (Wildman–Crippen LogP) is 4.67. The van der Waals surface area contributed by atoms with Crippen molar-refractivity contribution < 1.29 is 120 Å². The number of rotatable bonds is 21. The minimum absolute atomic E-state index is 0. The van der Waals surface area contributed by atoms with Crippen molar-refractivity contribution in [3.8, 4) is 17.2 Å². The van der Waals surface area contributed by atoms with E-state index in [0.29, 0.717) is 22.1 Å². The number of carbonyl (C=O) groups is 6. The Labute approximate surface area is 500 Å². The second-order valence-electron chi connectivity index (χ2n) is 18.7. The molecule has 2 aliphatic rings. The molecule has 2 aromatic heterocycles. The number of nitrogens with one attached hydrogen (secondary N) is 2. The number of ether oxygens (including phenoxy) is 1. The number of carbonyl (C=O) groups excluding carboxylic acids is 5. The zero-order valence-corrected chi connectivity index (χ0v) is 49.4. The number of hydrogen-bond donors (Lipinski definition) is 6. The molecule has 7 aromatic rings. The fraction of sp³-hybridized carbons (Fsp3) is 0.250. The maximum atomic E-state index is 13.8. The summed E-state index contributed by atoms with van der Waals surface area (Å²) in [5.74, 6) is -5.76. The molecule has 4 heterocycles. The summed E-state index contributed by atoms with van der Waals surface area (Å²) in [6, 6.07) is 25.9. The molecular weight excluding hydrogens is 1150 g/mol. The number of pyridine rings is 2. The van der Waals surface area contributed by atoms with E-state index in [1.807, 2.05) is 0 Å². The molecule has 84 heavy (non-hydrogen) atoms. The van der Waals surface area contributed by atoms with E-state index in [2.05, 4.69) is 25.1 Å². The van der Waals surface area contributed by atoms with Gasteiger partial charge in [0.25, 0.3) is 23.6 Å². The summed E-state index contributed by atoms with van der Waals surface area (Å²) in [5.41, 5.74) is 2.04. The Bertz CT molecular complexity index is 3720. The van der Waals surface area contributed by atoms with Gasteiger partial charge in [-0.3, -0.25) is 42.8 Å². The molecule has 0 saturated carbocycles. The number of carboxylic acid groups (broad SMARTS) is 1. The first kappa shape index (κ1) is 65.5. The van der Waals surface area contributed by atoms with E-state index < -0.39 is 80.8 Å². The molecule has 9 rings (SSSR count). The number of aliphatic carboxylic acids is 1. The molecule has 2 aliphatic heterocycles. The summed E-state index contributed by atoms with van der Waals surface area (Å²) in [4.78, 5) is 97.9. The van der Waals surface area contributed by atoms with Crippen LogP contribution < -0.4 is 44.7 Å². The number of aromatic hydroxyl groups is 2. The maximum Gasteiger partial charge on any atom is 1.00 e. The maximum absolute atomic E-state index is 13.8. The number of hydrogen-bond acceptors (Lipinski definition) is 17. The van der Waals surface area contributed by atoms with Gasteiger partial charge in [0, 0.05) is 73.6 Å². The van der Waals surface area contributed by atoms with Crippen molar-refractivity contribution in [3.63, 3.8) is 0 Å². The van der Waals surface area contributed by atoms with Gasteiger partial charge in [0.15, 0.2) is 23.7 Å². The Morgan fingerprint density at radius 2 is 1.12 bits per heavy atom. The minimum Gasteiger partial charge on any atom is -0.870 e. The molecule has 4 amide bonds. The van der Waals surface area contributed by atoms with Crippen LogP contribution in [0.1, 0.15) is 84.5 Å². The minimum atomic E-state index is -4.32. The topological polar surface area (TPSA) is 341 Å². The number of benzene rings is 5. The van der Waals surface area contributed by atoms with Crippen LogP contribution in [0.4, 0.5) is 8.78 Å². The fourth-order valence-electron chi connectivity index (χ4n) is 9.15. The van der Waals surface area contributed by atoms with Crippen molar-refractivity contribution in [2.24, 2.45) is 0 Å². The zero-order valence-electron chi connectivity index (χ0n) is 45.6. The molecule has 0 aliphatic carbocycles. The molecule has 7 N–H and O–H groups in total. The van der Waals surface area contributed by atoms with Crippen LogP contribution in [0.3, 0.4) is 0 Å². The van der Waals surface area contributed by atoms with Crippen molar-refractivity contribution in [2.45, 2.75) is 59.2 Å². The Balaban J connectivity index is 0.000000268. The number of fused-ring (bicyclic) bond motifs is 4. The molecule has 0 bridgehead atoms. The van der Waals surface area contributed by atoms with Gasteiger partial charge in [-0.15, -0.1) is 0 Å². The van der Waals surface area contributed by atoms with E-state index in [0.717, 1.165) is 6.92 Å². The summed E-state index contributed by atoms with van der Waals surface area (Å²) >= 11 is 0. The predicted molar refractivity (Wildman–Crippen MR) is 293 cm³/mol. The molecule has 0 fully saturated rings. The first-order chi connectivity index (χ1) is 39.1. The molecule has 0 saturated heterocycles. The molecule has 23 nitrogen and oxygen atoms in total. The Morgan fingerprint density at radius 3 is 1.56 bits per heavy atom.